The second-order valence-corrected chi connectivity index (χ2v) is 14.7. The highest BCUT2D eigenvalue weighted by Crippen LogP contribution is 2.39. The first-order chi connectivity index (χ1) is 26.9. The van der Waals surface area contributed by atoms with Gasteiger partial charge in [0.15, 0.2) is 24.5 Å². The zero-order valence-corrected chi connectivity index (χ0v) is 30.0. The second kappa shape index (κ2) is 19.8. The summed E-state index contributed by atoms with van der Waals surface area (Å²) in [4.78, 5) is 10.2. The highest BCUT2D eigenvalue weighted by atomic mass is 17.2. The molecule has 26 heteroatoms. The molecule has 4 heterocycles. The number of aliphatic hydroxyl groups is 17. The second-order valence-electron chi connectivity index (χ2n) is 14.7. The highest BCUT2D eigenvalue weighted by molar-refractivity contribution is 5.03. The molecule has 17 N–H and O–H groups in total. The first kappa shape index (κ1) is 47.0. The van der Waals surface area contributed by atoms with E-state index in [4.69, 9.17) is 42.9 Å². The summed E-state index contributed by atoms with van der Waals surface area (Å²) in [5, 5.41) is 174. The maximum absolute atomic E-state index is 10.6. The summed E-state index contributed by atoms with van der Waals surface area (Å²) in [5.74, 6) is -0.925. The average Bonchev–Trinajstić information content (AvgIpc) is 3.45. The van der Waals surface area contributed by atoms with Gasteiger partial charge in [-0.15, -0.1) is 0 Å². The Hall–Kier alpha value is -1.04. The third kappa shape index (κ3) is 9.72. The van der Waals surface area contributed by atoms with E-state index < -0.39 is 186 Å². The Bertz CT molecular complexity index is 1240. The lowest BCUT2D eigenvalue weighted by atomic mass is 9.95. The largest absolute Gasteiger partial charge is 0.396 e. The summed E-state index contributed by atoms with van der Waals surface area (Å²) in [7, 11) is 0. The molecule has 24 atom stereocenters. The molecule has 5 rings (SSSR count). The van der Waals surface area contributed by atoms with Crippen molar-refractivity contribution >= 4 is 0 Å². The number of aliphatic hydroxyl groups excluding tert-OH is 17. The van der Waals surface area contributed by atoms with Gasteiger partial charge in [0.2, 0.25) is 6.29 Å². The molecule has 0 aromatic rings. The molecule has 334 valence electrons. The number of rotatable bonds is 15. The van der Waals surface area contributed by atoms with E-state index in [9.17, 15) is 86.8 Å². The van der Waals surface area contributed by atoms with Crippen molar-refractivity contribution in [1.82, 2.24) is 0 Å². The van der Waals surface area contributed by atoms with Crippen molar-refractivity contribution in [3.63, 3.8) is 0 Å². The zero-order valence-electron chi connectivity index (χ0n) is 30.0. The number of hydrogen-bond acceptors (Lipinski definition) is 26. The predicted molar refractivity (Wildman–Crippen MR) is 171 cm³/mol. The number of ether oxygens (including phenoxy) is 7. The lowest BCUT2D eigenvalue weighted by Gasteiger charge is -2.44. The van der Waals surface area contributed by atoms with E-state index in [0.29, 0.717) is 0 Å². The van der Waals surface area contributed by atoms with Gasteiger partial charge in [0, 0.05) is 12.5 Å². The van der Waals surface area contributed by atoms with Crippen molar-refractivity contribution in [3.8, 4) is 0 Å². The van der Waals surface area contributed by atoms with Crippen LogP contribution < -0.4 is 0 Å². The molecule has 0 spiro atoms. The molecule has 5 fully saturated rings. The summed E-state index contributed by atoms with van der Waals surface area (Å²) in [6.07, 6.45) is -39.3. The van der Waals surface area contributed by atoms with Crippen LogP contribution in [0.1, 0.15) is 6.42 Å². The van der Waals surface area contributed by atoms with Gasteiger partial charge in [-0.1, -0.05) is 0 Å². The smallest absolute Gasteiger partial charge is 0.222 e. The molecule has 57 heavy (non-hydrogen) atoms. The van der Waals surface area contributed by atoms with Gasteiger partial charge >= 0.3 is 0 Å². The molecule has 4 aliphatic heterocycles. The van der Waals surface area contributed by atoms with E-state index >= 15 is 0 Å². The van der Waals surface area contributed by atoms with Gasteiger partial charge in [0.1, 0.15) is 104 Å². The Morgan fingerprint density at radius 3 is 1.23 bits per heavy atom. The fourth-order valence-corrected chi connectivity index (χ4v) is 7.14. The summed E-state index contributed by atoms with van der Waals surface area (Å²) < 4.78 is 38.1. The highest BCUT2D eigenvalue weighted by Gasteiger charge is 2.56. The molecule has 26 nitrogen and oxygen atoms in total. The molecule has 0 radical (unpaired) electrons. The molecule has 0 aromatic carbocycles. The summed E-state index contributed by atoms with van der Waals surface area (Å²) in [6, 6.07) is 0. The van der Waals surface area contributed by atoms with Gasteiger partial charge in [0.05, 0.1) is 39.1 Å². The standard InChI is InChI=1S/C31H54O26/c32-2-8-1-31(7-34,26(48)13(8)35)57-56-30-25(47)21(43)24(46)29(55-30)51-5-11-16(38)18(40)15(37)10(52-11)4-49-28-23(45)20(42)17(39)12(54-28)6-50-27-22(44)19(41)14(36)9(3-33)53-27/h8-30,32-48H,1-7H2/t8-,9+,10+,11+,12+,13-,14-,15+,16+,17+,18+,19-,20-,21-,22+,23-,24-,25+,26+,27-,28+,29+,30+,31+/m1/s1. The minimum absolute atomic E-state index is 0.304. The SMILES string of the molecule is OC[C@H]1C[C@@](CO)(OO[C@@H]2O[C@H](OC[C@@H]3O[C@@H](CO[C@H]4O[C@@H](CO[C@@H]5O[C@@H](CO)[C@@H](O)[C@@H](O)[C@@H]5O)[C@H](O)[C@@H](O)[C@H]4O)[C@H](O)[C@H](O)[C@H]3O)[C@H](O)[C@@H](O)[C@@H]2O)[C@@H](O)[C@@H]1O. The van der Waals surface area contributed by atoms with Crippen molar-refractivity contribution in [2.75, 3.05) is 39.6 Å². The maximum Gasteiger partial charge on any atom is 0.222 e. The minimum atomic E-state index is -2.03. The molecule has 1 saturated carbocycles. The molecule has 0 unspecified atom stereocenters. The van der Waals surface area contributed by atoms with Gasteiger partial charge in [-0.3, -0.25) is 0 Å². The van der Waals surface area contributed by atoms with Crippen molar-refractivity contribution < 1.29 is 130 Å². The third-order valence-corrected chi connectivity index (χ3v) is 10.9. The first-order valence-electron chi connectivity index (χ1n) is 18.1. The quantitative estimate of drug-likeness (QED) is 0.0537. The van der Waals surface area contributed by atoms with Crippen LogP contribution in [0.5, 0.6) is 0 Å². The van der Waals surface area contributed by atoms with Gasteiger partial charge in [0.25, 0.3) is 0 Å². The monoisotopic (exact) mass is 842 g/mol. The zero-order chi connectivity index (χ0) is 42.1. The molecular formula is C31H54O26. The molecule has 1 aliphatic carbocycles. The minimum Gasteiger partial charge on any atom is -0.396 e. The van der Waals surface area contributed by atoms with E-state index in [-0.39, 0.29) is 6.42 Å². The normalized spacial score (nSPS) is 52.3. The van der Waals surface area contributed by atoms with Crippen LogP contribution in [0.25, 0.3) is 0 Å². The fourth-order valence-electron chi connectivity index (χ4n) is 7.14. The fraction of sp³-hybridized carbons (Fsp3) is 1.00. The van der Waals surface area contributed by atoms with Crippen LogP contribution in [0.3, 0.4) is 0 Å². The van der Waals surface area contributed by atoms with Gasteiger partial charge < -0.3 is 120 Å². The molecule has 0 bridgehead atoms. The van der Waals surface area contributed by atoms with Crippen LogP contribution in [-0.2, 0) is 42.9 Å². The Morgan fingerprint density at radius 2 is 0.789 bits per heavy atom. The number of hydrogen-bond donors (Lipinski definition) is 17. The maximum atomic E-state index is 10.6. The van der Waals surface area contributed by atoms with Crippen LogP contribution in [0.4, 0.5) is 0 Å². The summed E-state index contributed by atoms with van der Waals surface area (Å²) in [5.41, 5.74) is -2.00. The van der Waals surface area contributed by atoms with Crippen LogP contribution in [0.2, 0.25) is 0 Å². The van der Waals surface area contributed by atoms with E-state index in [1.54, 1.807) is 0 Å². The van der Waals surface area contributed by atoms with E-state index in [1.165, 1.54) is 0 Å². The lowest BCUT2D eigenvalue weighted by molar-refractivity contribution is -0.480. The predicted octanol–water partition coefficient (Wildman–Crippen LogP) is -11.3. The summed E-state index contributed by atoms with van der Waals surface area (Å²) >= 11 is 0. The third-order valence-electron chi connectivity index (χ3n) is 10.9. The summed E-state index contributed by atoms with van der Waals surface area (Å²) in [6.45, 7) is -4.42. The van der Waals surface area contributed by atoms with Gasteiger partial charge in [-0.2, -0.15) is 0 Å². The van der Waals surface area contributed by atoms with Gasteiger partial charge in [-0.05, 0) is 6.42 Å². The Balaban J connectivity index is 1.16. The molecule has 0 aromatic heterocycles. The van der Waals surface area contributed by atoms with Crippen LogP contribution in [0, 0.1) is 5.92 Å². The van der Waals surface area contributed by atoms with E-state index in [2.05, 4.69) is 0 Å². The van der Waals surface area contributed by atoms with Crippen molar-refractivity contribution in [3.05, 3.63) is 0 Å². The Morgan fingerprint density at radius 1 is 0.404 bits per heavy atom. The van der Waals surface area contributed by atoms with Crippen molar-refractivity contribution in [2.24, 2.45) is 5.92 Å². The Labute approximate surface area is 322 Å². The topological polar surface area (TPSA) is 427 Å². The lowest BCUT2D eigenvalue weighted by Crippen LogP contribution is -2.63. The average molecular weight is 843 g/mol. The molecule has 0 amide bonds. The van der Waals surface area contributed by atoms with Crippen LogP contribution >= 0.6 is 0 Å². The van der Waals surface area contributed by atoms with E-state index in [1.807, 2.05) is 0 Å². The Kier molecular flexibility index (Phi) is 16.3. The molecular weight excluding hydrogens is 788 g/mol. The molecule has 5 aliphatic rings. The van der Waals surface area contributed by atoms with Crippen LogP contribution in [-0.4, -0.2) is 267 Å². The van der Waals surface area contributed by atoms with Crippen molar-refractivity contribution in [2.45, 2.75) is 147 Å². The van der Waals surface area contributed by atoms with E-state index in [0.717, 1.165) is 0 Å². The first-order valence-corrected chi connectivity index (χ1v) is 18.1. The van der Waals surface area contributed by atoms with Crippen molar-refractivity contribution in [1.29, 1.82) is 0 Å². The van der Waals surface area contributed by atoms with Gasteiger partial charge in [-0.25, -0.2) is 9.78 Å². The van der Waals surface area contributed by atoms with Crippen LogP contribution in [0.15, 0.2) is 0 Å². The molecule has 4 saturated heterocycles.